The van der Waals surface area contributed by atoms with Gasteiger partial charge in [-0.25, -0.2) is 0 Å². The minimum atomic E-state index is -0.849. The molecule has 0 aliphatic rings. The molecule has 5 heteroatoms. The van der Waals surface area contributed by atoms with Crippen molar-refractivity contribution < 1.29 is 9.90 Å². The van der Waals surface area contributed by atoms with Crippen molar-refractivity contribution >= 4 is 17.3 Å². The van der Waals surface area contributed by atoms with Crippen molar-refractivity contribution in [2.45, 2.75) is 20.8 Å². The minimum absolute atomic E-state index is 0.183. The van der Waals surface area contributed by atoms with Crippen LogP contribution >= 0.6 is 0 Å². The molecule has 1 atom stereocenters. The predicted octanol–water partition coefficient (Wildman–Crippen LogP) is 2.58. The van der Waals surface area contributed by atoms with Gasteiger partial charge in [0.25, 0.3) is 0 Å². The molecular formula is C16H23N3O2. The number of nitriles is 1. The molecular weight excluding hydrogens is 266 g/mol. The second-order valence-corrected chi connectivity index (χ2v) is 4.97. The maximum atomic E-state index is 11.0. The lowest BCUT2D eigenvalue weighted by molar-refractivity contribution is -0.140. The van der Waals surface area contributed by atoms with Crippen LogP contribution in [0, 0.1) is 17.2 Å². The van der Waals surface area contributed by atoms with Crippen LogP contribution in [-0.4, -0.2) is 37.3 Å². The SMILES string of the molecule is CCN(CC)c1ccc(N(CC#N)CC(C)C(=O)O)cc1. The van der Waals surface area contributed by atoms with E-state index in [0.29, 0.717) is 6.54 Å². The molecule has 1 unspecified atom stereocenters. The number of benzene rings is 1. The number of hydrogen-bond acceptors (Lipinski definition) is 4. The lowest BCUT2D eigenvalue weighted by Crippen LogP contribution is -2.32. The molecule has 1 N–H and O–H groups in total. The fourth-order valence-corrected chi connectivity index (χ4v) is 2.22. The Hall–Kier alpha value is -2.22. The number of carboxylic acid groups (broad SMARTS) is 1. The topological polar surface area (TPSA) is 67.6 Å². The summed E-state index contributed by atoms with van der Waals surface area (Å²) in [5.41, 5.74) is 2.01. The second-order valence-electron chi connectivity index (χ2n) is 4.97. The summed E-state index contributed by atoms with van der Waals surface area (Å²) in [6.07, 6.45) is 0. The zero-order valence-electron chi connectivity index (χ0n) is 12.9. The van der Waals surface area contributed by atoms with E-state index in [9.17, 15) is 4.79 Å². The summed E-state index contributed by atoms with van der Waals surface area (Å²) in [7, 11) is 0. The number of aliphatic carboxylic acids is 1. The standard InChI is InChI=1S/C16H23N3O2/c1-4-18(5-2)14-6-8-15(9-7-14)19(11-10-17)12-13(3)16(20)21/h6-9,13H,4-5,11-12H2,1-3H3,(H,20,21). The van der Waals surface area contributed by atoms with E-state index in [0.717, 1.165) is 24.5 Å². The summed E-state index contributed by atoms with van der Waals surface area (Å²) in [6.45, 7) is 8.25. The van der Waals surface area contributed by atoms with E-state index in [1.54, 1.807) is 11.8 Å². The van der Waals surface area contributed by atoms with Gasteiger partial charge in [0.05, 0.1) is 12.0 Å². The molecule has 1 aromatic rings. The highest BCUT2D eigenvalue weighted by Gasteiger charge is 2.16. The molecule has 114 valence electrons. The molecule has 0 spiro atoms. The Morgan fingerprint density at radius 2 is 1.67 bits per heavy atom. The van der Waals surface area contributed by atoms with Gasteiger partial charge in [0.1, 0.15) is 6.54 Å². The number of hydrogen-bond donors (Lipinski definition) is 1. The van der Waals surface area contributed by atoms with Crippen molar-refractivity contribution in [3.63, 3.8) is 0 Å². The summed E-state index contributed by atoms with van der Waals surface area (Å²) in [5, 5.41) is 17.9. The molecule has 5 nitrogen and oxygen atoms in total. The zero-order chi connectivity index (χ0) is 15.8. The molecule has 21 heavy (non-hydrogen) atoms. The average molecular weight is 289 g/mol. The Kier molecular flexibility index (Phi) is 6.54. The third-order valence-electron chi connectivity index (χ3n) is 3.52. The molecule has 1 rings (SSSR count). The highest BCUT2D eigenvalue weighted by molar-refractivity contribution is 5.70. The first-order valence-corrected chi connectivity index (χ1v) is 7.23. The van der Waals surface area contributed by atoms with Gasteiger partial charge in [0, 0.05) is 31.0 Å². The van der Waals surface area contributed by atoms with Crippen LogP contribution in [0.15, 0.2) is 24.3 Å². The third kappa shape index (κ3) is 4.67. The van der Waals surface area contributed by atoms with Crippen LogP contribution in [-0.2, 0) is 4.79 Å². The molecule has 1 aromatic carbocycles. The third-order valence-corrected chi connectivity index (χ3v) is 3.52. The largest absolute Gasteiger partial charge is 0.481 e. The van der Waals surface area contributed by atoms with Gasteiger partial charge in [0.2, 0.25) is 0 Å². The predicted molar refractivity (Wildman–Crippen MR) is 84.6 cm³/mol. The van der Waals surface area contributed by atoms with Crippen LogP contribution in [0.3, 0.4) is 0 Å². The molecule has 0 heterocycles. The molecule has 0 aromatic heterocycles. The summed E-state index contributed by atoms with van der Waals surface area (Å²) in [5.74, 6) is -1.36. The van der Waals surface area contributed by atoms with Gasteiger partial charge in [-0.05, 0) is 38.1 Å². The van der Waals surface area contributed by atoms with Crippen LogP contribution in [0.4, 0.5) is 11.4 Å². The molecule has 0 amide bonds. The Balaban J connectivity index is 2.89. The normalized spacial score (nSPS) is 11.5. The molecule has 0 saturated carbocycles. The molecule has 0 aliphatic carbocycles. The summed E-state index contributed by atoms with van der Waals surface area (Å²) in [6, 6.07) is 10.0. The first kappa shape index (κ1) is 16.8. The van der Waals surface area contributed by atoms with E-state index >= 15 is 0 Å². The quantitative estimate of drug-likeness (QED) is 0.745. The lowest BCUT2D eigenvalue weighted by Gasteiger charge is -2.25. The van der Waals surface area contributed by atoms with E-state index in [1.807, 2.05) is 24.3 Å². The highest BCUT2D eigenvalue weighted by atomic mass is 16.4. The summed E-state index contributed by atoms with van der Waals surface area (Å²) in [4.78, 5) is 15.0. The Bertz CT molecular complexity index is 489. The molecule has 0 aliphatic heterocycles. The Labute approximate surface area is 126 Å². The Morgan fingerprint density at radius 3 is 2.05 bits per heavy atom. The van der Waals surface area contributed by atoms with Crippen molar-refractivity contribution in [3.05, 3.63) is 24.3 Å². The van der Waals surface area contributed by atoms with Gasteiger partial charge in [-0.1, -0.05) is 6.92 Å². The van der Waals surface area contributed by atoms with E-state index < -0.39 is 11.9 Å². The van der Waals surface area contributed by atoms with E-state index in [2.05, 4.69) is 24.8 Å². The summed E-state index contributed by atoms with van der Waals surface area (Å²) >= 11 is 0. The molecule has 0 radical (unpaired) electrons. The van der Waals surface area contributed by atoms with Gasteiger partial charge in [0.15, 0.2) is 0 Å². The Morgan fingerprint density at radius 1 is 1.19 bits per heavy atom. The van der Waals surface area contributed by atoms with E-state index in [-0.39, 0.29) is 6.54 Å². The monoisotopic (exact) mass is 289 g/mol. The van der Waals surface area contributed by atoms with Gasteiger partial charge in [-0.2, -0.15) is 5.26 Å². The van der Waals surface area contributed by atoms with E-state index in [4.69, 9.17) is 10.4 Å². The van der Waals surface area contributed by atoms with Crippen molar-refractivity contribution in [3.8, 4) is 6.07 Å². The van der Waals surface area contributed by atoms with Crippen molar-refractivity contribution in [1.82, 2.24) is 0 Å². The highest BCUT2D eigenvalue weighted by Crippen LogP contribution is 2.21. The molecule has 0 bridgehead atoms. The van der Waals surface area contributed by atoms with Crippen LogP contribution in [0.1, 0.15) is 20.8 Å². The number of carbonyl (C=O) groups is 1. The van der Waals surface area contributed by atoms with Gasteiger partial charge >= 0.3 is 5.97 Å². The van der Waals surface area contributed by atoms with Crippen LogP contribution < -0.4 is 9.80 Å². The van der Waals surface area contributed by atoms with Crippen LogP contribution in [0.2, 0.25) is 0 Å². The fourth-order valence-electron chi connectivity index (χ4n) is 2.22. The maximum absolute atomic E-state index is 11.0. The lowest BCUT2D eigenvalue weighted by atomic mass is 10.1. The van der Waals surface area contributed by atoms with Gasteiger partial charge in [-0.15, -0.1) is 0 Å². The second kappa shape index (κ2) is 8.15. The van der Waals surface area contributed by atoms with Crippen LogP contribution in [0.25, 0.3) is 0 Å². The molecule has 0 fully saturated rings. The smallest absolute Gasteiger partial charge is 0.308 e. The first-order valence-electron chi connectivity index (χ1n) is 7.23. The number of nitrogens with zero attached hydrogens (tertiary/aromatic N) is 3. The average Bonchev–Trinajstić information content (AvgIpc) is 2.48. The first-order chi connectivity index (χ1) is 10.0. The van der Waals surface area contributed by atoms with Gasteiger partial charge < -0.3 is 14.9 Å². The number of rotatable bonds is 8. The van der Waals surface area contributed by atoms with Gasteiger partial charge in [-0.3, -0.25) is 4.79 Å². The fraction of sp³-hybridized carbons (Fsp3) is 0.500. The van der Waals surface area contributed by atoms with Crippen molar-refractivity contribution in [2.24, 2.45) is 5.92 Å². The minimum Gasteiger partial charge on any atom is -0.481 e. The van der Waals surface area contributed by atoms with Crippen molar-refractivity contribution in [1.29, 1.82) is 5.26 Å². The molecule has 0 saturated heterocycles. The number of anilines is 2. The van der Waals surface area contributed by atoms with E-state index in [1.165, 1.54) is 0 Å². The van der Waals surface area contributed by atoms with Crippen LogP contribution in [0.5, 0.6) is 0 Å². The van der Waals surface area contributed by atoms with Crippen molar-refractivity contribution in [2.75, 3.05) is 36.0 Å². The maximum Gasteiger partial charge on any atom is 0.308 e. The summed E-state index contributed by atoms with van der Waals surface area (Å²) < 4.78 is 0. The number of carboxylic acids is 1. The zero-order valence-corrected chi connectivity index (χ0v) is 12.9.